The first-order chi connectivity index (χ1) is 9.83. The zero-order valence-electron chi connectivity index (χ0n) is 12.8. The maximum absolute atomic E-state index is 13.1. The Hall–Kier alpha value is -1.69. The third-order valence-corrected chi connectivity index (χ3v) is 3.19. The molecule has 1 aliphatic heterocycles. The van der Waals surface area contributed by atoms with E-state index in [0.29, 0.717) is 19.6 Å². The maximum atomic E-state index is 13.1. The lowest BCUT2D eigenvalue weighted by Gasteiger charge is -2.35. The molecule has 1 aliphatic rings. The van der Waals surface area contributed by atoms with Gasteiger partial charge in [0.15, 0.2) is 0 Å². The third kappa shape index (κ3) is 4.97. The van der Waals surface area contributed by atoms with Crippen LogP contribution in [0.2, 0.25) is 0 Å². The van der Waals surface area contributed by atoms with Crippen LogP contribution >= 0.6 is 0 Å². The van der Waals surface area contributed by atoms with Crippen molar-refractivity contribution in [3.05, 3.63) is 29.8 Å². The first-order valence-corrected chi connectivity index (χ1v) is 7.13. The number of pyridine rings is 1. The van der Waals surface area contributed by atoms with E-state index in [4.69, 9.17) is 4.74 Å². The van der Waals surface area contributed by atoms with Crippen LogP contribution in [0.4, 0.5) is 9.18 Å². The van der Waals surface area contributed by atoms with Gasteiger partial charge in [-0.15, -0.1) is 0 Å². The fourth-order valence-electron chi connectivity index (χ4n) is 2.22. The Bertz CT molecular complexity index is 494. The van der Waals surface area contributed by atoms with Crippen molar-refractivity contribution in [1.82, 2.24) is 14.8 Å². The quantitative estimate of drug-likeness (QED) is 0.839. The lowest BCUT2D eigenvalue weighted by molar-refractivity contribution is 0.0139. The van der Waals surface area contributed by atoms with E-state index in [1.54, 1.807) is 11.1 Å². The zero-order chi connectivity index (χ0) is 15.5. The summed E-state index contributed by atoms with van der Waals surface area (Å²) in [5.74, 6) is -0.320. The van der Waals surface area contributed by atoms with Crippen LogP contribution in [0.3, 0.4) is 0 Å². The van der Waals surface area contributed by atoms with E-state index in [2.05, 4.69) is 9.88 Å². The van der Waals surface area contributed by atoms with Crippen molar-refractivity contribution in [3.8, 4) is 0 Å². The molecule has 21 heavy (non-hydrogen) atoms. The maximum Gasteiger partial charge on any atom is 0.410 e. The number of ether oxygens (including phenoxy) is 1. The summed E-state index contributed by atoms with van der Waals surface area (Å²) >= 11 is 0. The molecule has 2 heterocycles. The molecule has 1 amide bonds. The minimum absolute atomic E-state index is 0.269. The average Bonchev–Trinajstić information content (AvgIpc) is 2.37. The highest BCUT2D eigenvalue weighted by Gasteiger charge is 2.25. The van der Waals surface area contributed by atoms with Crippen molar-refractivity contribution in [2.75, 3.05) is 26.2 Å². The first kappa shape index (κ1) is 15.7. The van der Waals surface area contributed by atoms with Crippen LogP contribution in [0.25, 0.3) is 0 Å². The molecule has 116 valence electrons. The van der Waals surface area contributed by atoms with Crippen LogP contribution in [0.15, 0.2) is 18.5 Å². The molecule has 1 fully saturated rings. The molecule has 0 aliphatic carbocycles. The fraction of sp³-hybridized carbons (Fsp3) is 0.600. The SMILES string of the molecule is CC(C)(C)OC(=O)N1CCN(Cc2cncc(F)c2)CC1. The van der Waals surface area contributed by atoms with Crippen LogP contribution in [0.1, 0.15) is 26.3 Å². The number of carbonyl (C=O) groups is 1. The van der Waals surface area contributed by atoms with E-state index in [1.165, 1.54) is 12.3 Å². The smallest absolute Gasteiger partial charge is 0.410 e. The molecular weight excluding hydrogens is 273 g/mol. The van der Waals surface area contributed by atoms with Gasteiger partial charge in [-0.1, -0.05) is 0 Å². The van der Waals surface area contributed by atoms with Crippen LogP contribution in [-0.2, 0) is 11.3 Å². The Morgan fingerprint density at radius 3 is 2.52 bits per heavy atom. The second kappa shape index (κ2) is 6.39. The molecule has 0 radical (unpaired) electrons. The lowest BCUT2D eigenvalue weighted by Crippen LogP contribution is -2.49. The van der Waals surface area contributed by atoms with E-state index in [0.717, 1.165) is 18.7 Å². The van der Waals surface area contributed by atoms with Crippen molar-refractivity contribution < 1.29 is 13.9 Å². The first-order valence-electron chi connectivity index (χ1n) is 7.13. The number of rotatable bonds is 2. The van der Waals surface area contributed by atoms with Crippen molar-refractivity contribution in [2.24, 2.45) is 0 Å². The van der Waals surface area contributed by atoms with E-state index in [9.17, 15) is 9.18 Å². The third-order valence-electron chi connectivity index (χ3n) is 3.19. The molecule has 1 saturated heterocycles. The number of aromatic nitrogens is 1. The summed E-state index contributed by atoms with van der Waals surface area (Å²) in [5.41, 5.74) is 0.377. The Balaban J connectivity index is 1.82. The largest absolute Gasteiger partial charge is 0.444 e. The number of halogens is 1. The monoisotopic (exact) mass is 295 g/mol. The number of piperazine rings is 1. The van der Waals surface area contributed by atoms with Crippen molar-refractivity contribution in [1.29, 1.82) is 0 Å². The molecular formula is C15H22FN3O2. The van der Waals surface area contributed by atoms with Crippen molar-refractivity contribution >= 4 is 6.09 Å². The van der Waals surface area contributed by atoms with Gasteiger partial charge in [0.1, 0.15) is 11.4 Å². The van der Waals surface area contributed by atoms with E-state index < -0.39 is 5.60 Å². The molecule has 0 N–H and O–H groups in total. The number of amides is 1. The van der Waals surface area contributed by atoms with Gasteiger partial charge in [0.2, 0.25) is 0 Å². The molecule has 0 atom stereocenters. The van der Waals surface area contributed by atoms with Gasteiger partial charge in [-0.3, -0.25) is 9.88 Å². The van der Waals surface area contributed by atoms with Gasteiger partial charge in [0.05, 0.1) is 6.20 Å². The fourth-order valence-corrected chi connectivity index (χ4v) is 2.22. The highest BCUT2D eigenvalue weighted by Crippen LogP contribution is 2.13. The summed E-state index contributed by atoms with van der Waals surface area (Å²) in [6, 6.07) is 1.49. The van der Waals surface area contributed by atoms with Crippen molar-refractivity contribution in [3.63, 3.8) is 0 Å². The normalized spacial score (nSPS) is 16.9. The summed E-state index contributed by atoms with van der Waals surface area (Å²) in [4.78, 5) is 19.7. The highest BCUT2D eigenvalue weighted by molar-refractivity contribution is 5.68. The minimum atomic E-state index is -0.471. The van der Waals surface area contributed by atoms with E-state index in [-0.39, 0.29) is 11.9 Å². The standard InChI is InChI=1S/C15H22FN3O2/c1-15(2,3)21-14(20)19-6-4-18(5-7-19)11-12-8-13(16)10-17-9-12/h8-10H,4-7,11H2,1-3H3. The van der Waals surface area contributed by atoms with Crippen molar-refractivity contribution in [2.45, 2.75) is 32.9 Å². The van der Waals surface area contributed by atoms with Gasteiger partial charge in [0, 0.05) is 38.9 Å². The number of carbonyl (C=O) groups excluding carboxylic acids is 1. The van der Waals surface area contributed by atoms with E-state index >= 15 is 0 Å². The average molecular weight is 295 g/mol. The van der Waals surface area contributed by atoms with E-state index in [1.807, 2.05) is 20.8 Å². The predicted molar refractivity (Wildman–Crippen MR) is 77.3 cm³/mol. The van der Waals surface area contributed by atoms with Gasteiger partial charge < -0.3 is 9.64 Å². The Labute approximate surface area is 124 Å². The second-order valence-corrected chi connectivity index (χ2v) is 6.25. The molecule has 1 aromatic rings. The molecule has 1 aromatic heterocycles. The van der Waals surface area contributed by atoms with Gasteiger partial charge >= 0.3 is 6.09 Å². The molecule has 0 bridgehead atoms. The summed E-state index contributed by atoms with van der Waals surface area (Å²) < 4.78 is 18.5. The summed E-state index contributed by atoms with van der Waals surface area (Å²) in [6.45, 7) is 8.96. The molecule has 0 unspecified atom stereocenters. The molecule has 6 heteroatoms. The zero-order valence-corrected chi connectivity index (χ0v) is 12.8. The molecule has 0 saturated carbocycles. The Morgan fingerprint density at radius 1 is 1.29 bits per heavy atom. The summed E-state index contributed by atoms with van der Waals surface area (Å²) in [5, 5.41) is 0. The second-order valence-electron chi connectivity index (χ2n) is 6.25. The summed E-state index contributed by atoms with van der Waals surface area (Å²) in [6.07, 6.45) is 2.60. The molecule has 0 spiro atoms. The lowest BCUT2D eigenvalue weighted by atomic mass is 10.2. The predicted octanol–water partition coefficient (Wildman–Crippen LogP) is 2.27. The Kier molecular flexibility index (Phi) is 4.77. The molecule has 5 nitrogen and oxygen atoms in total. The summed E-state index contributed by atoms with van der Waals surface area (Å²) in [7, 11) is 0. The van der Waals surface area contributed by atoms with Gasteiger partial charge in [-0.25, -0.2) is 9.18 Å². The van der Waals surface area contributed by atoms with Crippen LogP contribution in [0.5, 0.6) is 0 Å². The van der Waals surface area contributed by atoms with Gasteiger partial charge in [-0.05, 0) is 32.4 Å². The minimum Gasteiger partial charge on any atom is -0.444 e. The van der Waals surface area contributed by atoms with Crippen LogP contribution in [0, 0.1) is 5.82 Å². The van der Waals surface area contributed by atoms with Gasteiger partial charge in [0.25, 0.3) is 0 Å². The van der Waals surface area contributed by atoms with Crippen LogP contribution in [-0.4, -0.2) is 52.7 Å². The van der Waals surface area contributed by atoms with Gasteiger partial charge in [-0.2, -0.15) is 0 Å². The highest BCUT2D eigenvalue weighted by atomic mass is 19.1. The van der Waals surface area contributed by atoms with Crippen LogP contribution < -0.4 is 0 Å². The molecule has 0 aromatic carbocycles. The molecule has 2 rings (SSSR count). The Morgan fingerprint density at radius 2 is 1.95 bits per heavy atom. The number of hydrogen-bond acceptors (Lipinski definition) is 4. The topological polar surface area (TPSA) is 45.7 Å². The number of hydrogen-bond donors (Lipinski definition) is 0. The number of nitrogens with zero attached hydrogens (tertiary/aromatic N) is 3.